The van der Waals surface area contributed by atoms with Crippen LogP contribution in [0.5, 0.6) is 11.6 Å². The van der Waals surface area contributed by atoms with Crippen molar-refractivity contribution in [1.29, 1.82) is 5.26 Å². The van der Waals surface area contributed by atoms with Crippen molar-refractivity contribution in [3.05, 3.63) is 44.0 Å². The molecule has 2 heterocycles. The van der Waals surface area contributed by atoms with Crippen LogP contribution in [0.1, 0.15) is 36.2 Å². The third kappa shape index (κ3) is 4.16. The van der Waals surface area contributed by atoms with Crippen LogP contribution in [0.4, 0.5) is 5.13 Å². The lowest BCUT2D eigenvalue weighted by atomic mass is 10.1. The lowest BCUT2D eigenvalue weighted by Crippen LogP contribution is -2.19. The topological polar surface area (TPSA) is 100 Å². The van der Waals surface area contributed by atoms with Crippen molar-refractivity contribution < 1.29 is 9.47 Å². The number of pyridine rings is 1. The summed E-state index contributed by atoms with van der Waals surface area (Å²) in [6.07, 6.45) is 2.38. The van der Waals surface area contributed by atoms with E-state index in [0.717, 1.165) is 5.39 Å². The third-order valence-electron chi connectivity index (χ3n) is 4.79. The number of nitrogens with zero attached hydrogens (tertiary/aromatic N) is 2. The SMILES string of the molecule is COc1nc(N[C@@H](C)c2cc3cc(Cl)c(OCC4CC4)cc3[nH]c2=O)sc1C#N. The summed E-state index contributed by atoms with van der Waals surface area (Å²) in [6.45, 7) is 2.50. The second kappa shape index (κ2) is 7.93. The average molecular weight is 431 g/mol. The lowest BCUT2D eigenvalue weighted by Gasteiger charge is -2.14. The standard InChI is InChI=1S/C20H19ClN4O3S/c1-10(23-20-25-19(27-2)17(8-22)29-20)13-5-12-6-14(21)16(28-9-11-3-4-11)7-15(12)24-18(13)26/h5-7,10-11H,3-4,9H2,1-2H3,(H,23,25)(H,24,26)/t10-/m0/s1. The van der Waals surface area contributed by atoms with Crippen LogP contribution in [0.2, 0.25) is 5.02 Å². The fourth-order valence-corrected chi connectivity index (χ4v) is 4.03. The van der Waals surface area contributed by atoms with Gasteiger partial charge in [0.05, 0.1) is 30.3 Å². The van der Waals surface area contributed by atoms with Gasteiger partial charge in [0, 0.05) is 17.0 Å². The largest absolute Gasteiger partial charge is 0.492 e. The summed E-state index contributed by atoms with van der Waals surface area (Å²) >= 11 is 7.55. The number of nitrogens with one attached hydrogen (secondary N) is 2. The molecule has 1 saturated carbocycles. The number of ether oxygens (including phenoxy) is 2. The number of thiazole rings is 1. The molecular weight excluding hydrogens is 412 g/mol. The predicted molar refractivity (Wildman–Crippen MR) is 113 cm³/mol. The molecule has 1 aliphatic carbocycles. The number of aromatic amines is 1. The van der Waals surface area contributed by atoms with Crippen LogP contribution in [0.25, 0.3) is 10.9 Å². The maximum Gasteiger partial charge on any atom is 0.253 e. The Hall–Kier alpha value is -2.76. The minimum Gasteiger partial charge on any atom is -0.492 e. The lowest BCUT2D eigenvalue weighted by molar-refractivity contribution is 0.300. The van der Waals surface area contributed by atoms with E-state index in [1.807, 2.05) is 13.0 Å². The minimum absolute atomic E-state index is 0.211. The summed E-state index contributed by atoms with van der Waals surface area (Å²) in [4.78, 5) is 20.2. The van der Waals surface area contributed by atoms with Crippen molar-refractivity contribution in [2.75, 3.05) is 19.0 Å². The van der Waals surface area contributed by atoms with Gasteiger partial charge in [0.15, 0.2) is 10.0 Å². The number of anilines is 1. The highest BCUT2D eigenvalue weighted by Crippen LogP contribution is 2.34. The molecule has 4 rings (SSSR count). The molecular formula is C20H19ClN4O3S. The normalized spacial score (nSPS) is 14.4. The summed E-state index contributed by atoms with van der Waals surface area (Å²) in [7, 11) is 1.46. The molecule has 1 fully saturated rings. The number of H-pyrrole nitrogens is 1. The second-order valence-electron chi connectivity index (χ2n) is 7.01. The molecule has 2 N–H and O–H groups in total. The summed E-state index contributed by atoms with van der Waals surface area (Å²) in [6, 6.07) is 7.08. The van der Waals surface area contributed by atoms with Crippen LogP contribution >= 0.6 is 22.9 Å². The van der Waals surface area contributed by atoms with Crippen molar-refractivity contribution in [1.82, 2.24) is 9.97 Å². The number of benzene rings is 1. The fourth-order valence-electron chi connectivity index (χ4n) is 2.99. The van der Waals surface area contributed by atoms with Gasteiger partial charge in [0.2, 0.25) is 5.88 Å². The molecule has 29 heavy (non-hydrogen) atoms. The van der Waals surface area contributed by atoms with Gasteiger partial charge >= 0.3 is 0 Å². The Bertz CT molecular complexity index is 1160. The number of halogens is 1. The highest BCUT2D eigenvalue weighted by atomic mass is 35.5. The molecule has 9 heteroatoms. The molecule has 0 radical (unpaired) electrons. The average Bonchev–Trinajstić information content (AvgIpc) is 3.45. The van der Waals surface area contributed by atoms with Gasteiger partial charge in [-0.25, -0.2) is 0 Å². The highest BCUT2D eigenvalue weighted by Gasteiger charge is 2.22. The summed E-state index contributed by atoms with van der Waals surface area (Å²) < 4.78 is 10.9. The van der Waals surface area contributed by atoms with E-state index in [0.29, 0.717) is 44.4 Å². The molecule has 2 aromatic heterocycles. The first-order valence-electron chi connectivity index (χ1n) is 9.19. The Morgan fingerprint density at radius 1 is 1.45 bits per heavy atom. The molecule has 3 aromatic rings. The molecule has 150 valence electrons. The van der Waals surface area contributed by atoms with Gasteiger partial charge in [-0.2, -0.15) is 10.2 Å². The third-order valence-corrected chi connectivity index (χ3v) is 5.96. The van der Waals surface area contributed by atoms with E-state index >= 15 is 0 Å². The number of nitriles is 1. The maximum atomic E-state index is 12.7. The molecule has 0 saturated heterocycles. The number of hydrogen-bond acceptors (Lipinski definition) is 7. The fraction of sp³-hybridized carbons (Fsp3) is 0.350. The van der Waals surface area contributed by atoms with Crippen LogP contribution in [0.15, 0.2) is 23.0 Å². The second-order valence-corrected chi connectivity index (χ2v) is 8.42. The van der Waals surface area contributed by atoms with E-state index in [9.17, 15) is 4.79 Å². The van der Waals surface area contributed by atoms with E-state index in [1.54, 1.807) is 18.2 Å². The molecule has 0 unspecified atom stereocenters. The number of rotatable bonds is 7. The van der Waals surface area contributed by atoms with Gasteiger partial charge in [0.1, 0.15) is 11.8 Å². The Kier molecular flexibility index (Phi) is 5.35. The van der Waals surface area contributed by atoms with Crippen molar-refractivity contribution in [3.63, 3.8) is 0 Å². The van der Waals surface area contributed by atoms with Crippen LogP contribution < -0.4 is 20.3 Å². The Labute approximate surface area is 176 Å². The van der Waals surface area contributed by atoms with E-state index in [1.165, 1.54) is 31.3 Å². The van der Waals surface area contributed by atoms with Crippen LogP contribution in [0, 0.1) is 17.2 Å². The monoisotopic (exact) mass is 430 g/mol. The Balaban J connectivity index is 1.60. The van der Waals surface area contributed by atoms with Crippen molar-refractivity contribution in [2.24, 2.45) is 5.92 Å². The summed E-state index contributed by atoms with van der Waals surface area (Å²) in [5.74, 6) is 1.46. The Morgan fingerprint density at radius 2 is 2.24 bits per heavy atom. The number of aromatic nitrogens is 2. The Morgan fingerprint density at radius 3 is 2.90 bits per heavy atom. The van der Waals surface area contributed by atoms with Gasteiger partial charge in [-0.3, -0.25) is 4.79 Å². The first kappa shape index (κ1) is 19.6. The molecule has 0 aliphatic heterocycles. The minimum atomic E-state index is -0.338. The van der Waals surface area contributed by atoms with Crippen LogP contribution in [-0.4, -0.2) is 23.7 Å². The molecule has 0 spiro atoms. The molecule has 0 amide bonds. The van der Waals surface area contributed by atoms with Crippen molar-refractivity contribution in [3.8, 4) is 17.7 Å². The van der Waals surface area contributed by atoms with Crippen molar-refractivity contribution in [2.45, 2.75) is 25.8 Å². The maximum absolute atomic E-state index is 12.7. The van der Waals surface area contributed by atoms with E-state index < -0.39 is 0 Å². The summed E-state index contributed by atoms with van der Waals surface area (Å²) in [5, 5.41) is 14.1. The van der Waals surface area contributed by atoms with Crippen LogP contribution in [-0.2, 0) is 0 Å². The van der Waals surface area contributed by atoms with Gasteiger partial charge < -0.3 is 19.8 Å². The predicted octanol–water partition coefficient (Wildman–Crippen LogP) is 4.48. The molecule has 0 bridgehead atoms. The van der Waals surface area contributed by atoms with E-state index in [-0.39, 0.29) is 17.5 Å². The van der Waals surface area contributed by atoms with E-state index in [2.05, 4.69) is 15.3 Å². The zero-order valence-electron chi connectivity index (χ0n) is 15.9. The quantitative estimate of drug-likeness (QED) is 0.573. The number of hydrogen-bond donors (Lipinski definition) is 2. The van der Waals surface area contributed by atoms with Crippen molar-refractivity contribution >= 4 is 39.0 Å². The first-order chi connectivity index (χ1) is 14.0. The van der Waals surface area contributed by atoms with E-state index in [4.69, 9.17) is 26.3 Å². The summed E-state index contributed by atoms with van der Waals surface area (Å²) in [5.41, 5.74) is 0.994. The van der Waals surface area contributed by atoms with Gasteiger partial charge in [-0.1, -0.05) is 22.9 Å². The van der Waals surface area contributed by atoms with Crippen LogP contribution in [0.3, 0.4) is 0 Å². The molecule has 1 atom stereocenters. The zero-order valence-corrected chi connectivity index (χ0v) is 17.5. The van der Waals surface area contributed by atoms with Gasteiger partial charge in [-0.05, 0) is 37.8 Å². The molecule has 1 aliphatic rings. The zero-order chi connectivity index (χ0) is 20.5. The van der Waals surface area contributed by atoms with Gasteiger partial charge in [0.25, 0.3) is 5.56 Å². The number of methoxy groups -OCH3 is 1. The number of fused-ring (bicyclic) bond motifs is 1. The highest BCUT2D eigenvalue weighted by molar-refractivity contribution is 7.16. The molecule has 7 nitrogen and oxygen atoms in total. The molecule has 1 aromatic carbocycles. The first-order valence-corrected chi connectivity index (χ1v) is 10.4. The smallest absolute Gasteiger partial charge is 0.253 e. The van der Waals surface area contributed by atoms with Gasteiger partial charge in [-0.15, -0.1) is 0 Å².